The molecule has 64 heavy (non-hydrogen) atoms. The summed E-state index contributed by atoms with van der Waals surface area (Å²) in [7, 11) is 0. The minimum atomic E-state index is -1.50. The van der Waals surface area contributed by atoms with Crippen molar-refractivity contribution in [2.24, 2.45) is 23.1 Å². The van der Waals surface area contributed by atoms with Gasteiger partial charge in [-0.05, 0) is 91.6 Å². The Bertz CT molecular complexity index is 2230. The number of H-pyrrole nitrogens is 1. The van der Waals surface area contributed by atoms with Crippen LogP contribution in [0.5, 0.6) is 11.5 Å². The Labute approximate surface area is 370 Å². The Kier molecular flexibility index (Phi) is 18.6. The van der Waals surface area contributed by atoms with Crippen LogP contribution in [0.2, 0.25) is 0 Å². The Balaban J connectivity index is 1.53. The zero-order valence-electron chi connectivity index (χ0n) is 35.8. The van der Waals surface area contributed by atoms with E-state index in [0.29, 0.717) is 30.5 Å². The molecule has 0 bridgehead atoms. The molecule has 0 aliphatic carbocycles. The summed E-state index contributed by atoms with van der Waals surface area (Å²) < 4.78 is 0. The standard InChI is InChI=1S/C45H59N9O10/c1-25(2)39(54-42(60)34(9-5-6-20-46)50-40(58)32(47)23-28-24-49-33-8-4-3-7-31(28)33)44(62)52-36(21-26-10-14-29(55)15-11-26)43(61)51-35(18-19-38(48)57)41(59)53-37(45(63)64)22-27-12-16-30(56)17-13-27/h3-4,7-8,10-17,24-25,32,34-37,39,49,55-56H,5-6,9,18-23,46-47H2,1-2H3,(H2,48,57)(H,50,58)(H,51,61)(H,52,62)(H,53,59)(H,54,60)(H,63,64)/t32-,34-,35-,36-,37-,39-/m0/s1. The molecular weight excluding hydrogens is 827 g/mol. The number of phenolic OH excluding ortho intramolecular Hbond substituents is 2. The number of carbonyl (C=O) groups excluding carboxylic acids is 6. The number of hydrogen-bond acceptors (Lipinski definition) is 11. The maximum Gasteiger partial charge on any atom is 0.326 e. The summed E-state index contributed by atoms with van der Waals surface area (Å²) in [5.41, 5.74) is 20.1. The predicted octanol–water partition coefficient (Wildman–Crippen LogP) is 0.493. The summed E-state index contributed by atoms with van der Waals surface area (Å²) in [6.07, 6.45) is 2.09. The van der Waals surface area contributed by atoms with Gasteiger partial charge < -0.3 is 64.1 Å². The van der Waals surface area contributed by atoms with Gasteiger partial charge in [0.25, 0.3) is 0 Å². The second kappa shape index (κ2) is 24.0. The number of carbonyl (C=O) groups is 7. The van der Waals surface area contributed by atoms with E-state index in [-0.39, 0.29) is 50.0 Å². The van der Waals surface area contributed by atoms with Gasteiger partial charge in [-0.2, -0.15) is 0 Å². The van der Waals surface area contributed by atoms with Crippen LogP contribution in [0.4, 0.5) is 0 Å². The highest BCUT2D eigenvalue weighted by Crippen LogP contribution is 2.19. The number of primary amides is 1. The smallest absolute Gasteiger partial charge is 0.326 e. The molecule has 0 saturated heterocycles. The molecule has 3 aromatic carbocycles. The van der Waals surface area contributed by atoms with Gasteiger partial charge in [0, 0.05) is 36.4 Å². The number of benzene rings is 3. The topological polar surface area (TPSA) is 334 Å². The number of nitrogens with two attached hydrogens (primary N) is 3. The number of phenols is 2. The van der Waals surface area contributed by atoms with Crippen LogP contribution in [-0.2, 0) is 52.8 Å². The van der Waals surface area contributed by atoms with Crippen molar-refractivity contribution < 1.29 is 48.9 Å². The van der Waals surface area contributed by atoms with Gasteiger partial charge in [0.15, 0.2) is 0 Å². The minimum Gasteiger partial charge on any atom is -0.508 e. The third-order valence-electron chi connectivity index (χ3n) is 10.6. The fraction of sp³-hybridized carbons (Fsp3) is 0.400. The van der Waals surface area contributed by atoms with Crippen LogP contribution in [0.1, 0.15) is 62.6 Å². The van der Waals surface area contributed by atoms with Crippen molar-refractivity contribution in [3.05, 3.63) is 95.7 Å². The average Bonchev–Trinajstić information content (AvgIpc) is 3.66. The number of para-hydroxylation sites is 1. The molecule has 19 heteroatoms. The second-order valence-electron chi connectivity index (χ2n) is 16.0. The van der Waals surface area contributed by atoms with Gasteiger partial charge in [-0.3, -0.25) is 28.8 Å². The van der Waals surface area contributed by atoms with E-state index in [1.54, 1.807) is 20.0 Å². The SMILES string of the molecule is CC(C)[C@H](NC(=O)[C@H](CCCCN)NC(=O)[C@@H](N)Cc1c[nH]c2ccccc12)C(=O)N[C@@H](Cc1ccc(O)cc1)C(=O)N[C@@H](CCC(N)=O)C(=O)N[C@@H](Cc1ccc(O)cc1)C(=O)O. The van der Waals surface area contributed by atoms with Crippen LogP contribution in [0, 0.1) is 5.92 Å². The lowest BCUT2D eigenvalue weighted by molar-refractivity contribution is -0.142. The van der Waals surface area contributed by atoms with Crippen LogP contribution in [0.15, 0.2) is 79.0 Å². The number of carboxylic acids is 1. The second-order valence-corrected chi connectivity index (χ2v) is 16.0. The van der Waals surface area contributed by atoms with Crippen molar-refractivity contribution in [3.8, 4) is 11.5 Å². The Morgan fingerprint density at radius 3 is 1.72 bits per heavy atom. The van der Waals surface area contributed by atoms with E-state index < -0.39 is 83.6 Å². The first-order chi connectivity index (χ1) is 30.4. The normalized spacial score (nSPS) is 14.0. The van der Waals surface area contributed by atoms with Crippen molar-refractivity contribution >= 4 is 52.3 Å². The molecule has 0 fully saturated rings. The van der Waals surface area contributed by atoms with Gasteiger partial charge in [-0.15, -0.1) is 0 Å². The molecule has 1 aromatic heterocycles. The molecule has 6 atom stereocenters. The Hall–Kier alpha value is -6.99. The van der Waals surface area contributed by atoms with E-state index in [4.69, 9.17) is 17.2 Å². The number of unbranched alkanes of at least 4 members (excludes halogenated alkanes) is 1. The fourth-order valence-corrected chi connectivity index (χ4v) is 6.97. The number of amides is 6. The monoisotopic (exact) mass is 885 g/mol. The van der Waals surface area contributed by atoms with Crippen LogP contribution in [0.25, 0.3) is 10.9 Å². The highest BCUT2D eigenvalue weighted by molar-refractivity contribution is 5.97. The zero-order chi connectivity index (χ0) is 46.9. The Morgan fingerprint density at radius 1 is 0.625 bits per heavy atom. The minimum absolute atomic E-state index is 0.0463. The van der Waals surface area contributed by atoms with Crippen LogP contribution < -0.4 is 43.8 Å². The molecule has 0 unspecified atom stereocenters. The van der Waals surface area contributed by atoms with Crippen molar-refractivity contribution in [3.63, 3.8) is 0 Å². The lowest BCUT2D eigenvalue weighted by Gasteiger charge is -2.28. The molecule has 19 nitrogen and oxygen atoms in total. The van der Waals surface area contributed by atoms with Gasteiger partial charge in [0.1, 0.15) is 41.7 Å². The summed E-state index contributed by atoms with van der Waals surface area (Å²) >= 11 is 0. The van der Waals surface area contributed by atoms with Gasteiger partial charge in [-0.1, -0.05) is 56.3 Å². The summed E-state index contributed by atoms with van der Waals surface area (Å²) in [4.78, 5) is 96.4. The molecule has 4 aromatic rings. The summed E-state index contributed by atoms with van der Waals surface area (Å²) in [6, 6.07) is 11.2. The van der Waals surface area contributed by atoms with Crippen LogP contribution in [0.3, 0.4) is 0 Å². The van der Waals surface area contributed by atoms with Crippen LogP contribution in [-0.4, -0.2) is 105 Å². The number of rotatable bonds is 25. The molecule has 1 heterocycles. The van der Waals surface area contributed by atoms with Crippen molar-refractivity contribution in [2.45, 2.75) is 101 Å². The molecule has 4 rings (SSSR count). The summed E-state index contributed by atoms with van der Waals surface area (Å²) in [5.74, 6) is -6.76. The van der Waals surface area contributed by atoms with Gasteiger partial charge in [0.2, 0.25) is 35.4 Å². The van der Waals surface area contributed by atoms with Gasteiger partial charge >= 0.3 is 5.97 Å². The van der Waals surface area contributed by atoms with Crippen molar-refractivity contribution in [2.75, 3.05) is 6.54 Å². The molecule has 6 amide bonds. The molecule has 0 spiro atoms. The summed E-state index contributed by atoms with van der Waals surface area (Å²) in [5, 5.41) is 43.4. The van der Waals surface area contributed by atoms with Crippen molar-refractivity contribution in [1.29, 1.82) is 0 Å². The number of carboxylic acid groups (broad SMARTS) is 1. The quantitative estimate of drug-likeness (QED) is 0.0405. The molecule has 0 aliphatic rings. The third-order valence-corrected chi connectivity index (χ3v) is 10.6. The Morgan fingerprint density at radius 2 is 1.14 bits per heavy atom. The predicted molar refractivity (Wildman–Crippen MR) is 237 cm³/mol. The number of aromatic nitrogens is 1. The van der Waals surface area contributed by atoms with E-state index in [2.05, 4.69) is 31.6 Å². The van der Waals surface area contributed by atoms with E-state index in [1.165, 1.54) is 48.5 Å². The van der Waals surface area contributed by atoms with E-state index in [1.807, 2.05) is 24.3 Å². The van der Waals surface area contributed by atoms with Gasteiger partial charge in [0.05, 0.1) is 6.04 Å². The number of nitrogens with one attached hydrogen (secondary N) is 6. The molecule has 15 N–H and O–H groups in total. The lowest BCUT2D eigenvalue weighted by atomic mass is 9.99. The first kappa shape index (κ1) is 49.7. The summed E-state index contributed by atoms with van der Waals surface area (Å²) in [6.45, 7) is 3.68. The van der Waals surface area contributed by atoms with E-state index in [0.717, 1.165) is 16.5 Å². The van der Waals surface area contributed by atoms with E-state index in [9.17, 15) is 48.9 Å². The lowest BCUT2D eigenvalue weighted by Crippen LogP contribution is -2.60. The number of aromatic amines is 1. The molecule has 0 aliphatic heterocycles. The van der Waals surface area contributed by atoms with Crippen LogP contribution >= 0.6 is 0 Å². The number of aromatic hydroxyl groups is 2. The van der Waals surface area contributed by atoms with Gasteiger partial charge in [-0.25, -0.2) is 4.79 Å². The van der Waals surface area contributed by atoms with E-state index >= 15 is 0 Å². The molecule has 344 valence electrons. The average molecular weight is 886 g/mol. The maximum absolute atomic E-state index is 14.1. The number of fused-ring (bicyclic) bond motifs is 1. The zero-order valence-corrected chi connectivity index (χ0v) is 35.8. The first-order valence-corrected chi connectivity index (χ1v) is 21.0. The number of hydrogen-bond donors (Lipinski definition) is 12. The highest BCUT2D eigenvalue weighted by atomic mass is 16.4. The molecule has 0 radical (unpaired) electrons. The first-order valence-electron chi connectivity index (χ1n) is 21.0. The molecular formula is C45H59N9O10. The van der Waals surface area contributed by atoms with Crippen molar-refractivity contribution in [1.82, 2.24) is 31.6 Å². The maximum atomic E-state index is 14.1. The fourth-order valence-electron chi connectivity index (χ4n) is 6.97. The molecule has 0 saturated carbocycles. The number of aliphatic carboxylic acids is 1. The largest absolute Gasteiger partial charge is 0.508 e. The third kappa shape index (κ3) is 15.1. The highest BCUT2D eigenvalue weighted by Gasteiger charge is 2.34.